The summed E-state index contributed by atoms with van der Waals surface area (Å²) < 4.78 is 27.3. The minimum Gasteiger partial charge on any atom is -0.481 e. The number of carbonyl (C=O) groups is 1. The first-order valence-corrected chi connectivity index (χ1v) is 5.83. The molecule has 98 valence electrons. The molecular weight excluding hydrogens is 230 g/mol. The number of nitrogens with zero attached hydrogens (tertiary/aromatic N) is 1. The van der Waals surface area contributed by atoms with Gasteiger partial charge in [0.1, 0.15) is 0 Å². The minimum absolute atomic E-state index is 0.167. The summed E-state index contributed by atoms with van der Waals surface area (Å²) in [7, 11) is 0. The van der Waals surface area contributed by atoms with Gasteiger partial charge in [0, 0.05) is 19.1 Å². The van der Waals surface area contributed by atoms with E-state index in [0.29, 0.717) is 13.0 Å². The van der Waals surface area contributed by atoms with Crippen LogP contribution in [0.25, 0.3) is 0 Å². The van der Waals surface area contributed by atoms with Crippen molar-refractivity contribution in [2.24, 2.45) is 5.41 Å². The quantitative estimate of drug-likeness (QED) is 0.775. The van der Waals surface area contributed by atoms with E-state index < -0.39 is 23.3 Å². The normalized spacial score (nSPS) is 32.7. The van der Waals surface area contributed by atoms with E-state index in [9.17, 15) is 13.6 Å². The topological polar surface area (TPSA) is 52.6 Å². The van der Waals surface area contributed by atoms with Crippen LogP contribution in [-0.4, -0.2) is 53.6 Å². The Morgan fingerprint density at radius 3 is 2.82 bits per heavy atom. The van der Waals surface area contributed by atoms with Crippen LogP contribution in [0.15, 0.2) is 0 Å². The molecule has 0 bridgehead atoms. The maximum atomic E-state index is 13.7. The van der Waals surface area contributed by atoms with Crippen LogP contribution in [0.4, 0.5) is 8.78 Å². The second-order valence-corrected chi connectivity index (χ2v) is 5.64. The van der Waals surface area contributed by atoms with E-state index in [1.165, 1.54) is 0 Å². The SMILES string of the molecule is CC(C)(CN1CCC2NCC(F)(F)C21)C(=O)O. The molecule has 2 aliphatic rings. The number of fused-ring (bicyclic) bond motifs is 1. The Morgan fingerprint density at radius 2 is 2.24 bits per heavy atom. The highest BCUT2D eigenvalue weighted by molar-refractivity contribution is 5.73. The van der Waals surface area contributed by atoms with E-state index in [4.69, 9.17) is 5.11 Å². The van der Waals surface area contributed by atoms with Crippen LogP contribution >= 0.6 is 0 Å². The molecule has 2 N–H and O–H groups in total. The van der Waals surface area contributed by atoms with E-state index in [1.54, 1.807) is 18.7 Å². The van der Waals surface area contributed by atoms with Crippen molar-refractivity contribution in [1.29, 1.82) is 0 Å². The van der Waals surface area contributed by atoms with Gasteiger partial charge in [-0.3, -0.25) is 9.69 Å². The highest BCUT2D eigenvalue weighted by Crippen LogP contribution is 2.37. The monoisotopic (exact) mass is 248 g/mol. The fourth-order valence-electron chi connectivity index (χ4n) is 2.76. The molecule has 0 radical (unpaired) electrons. The lowest BCUT2D eigenvalue weighted by Crippen LogP contribution is -2.49. The number of aliphatic carboxylic acids is 1. The summed E-state index contributed by atoms with van der Waals surface area (Å²) in [6, 6.07) is -1.05. The van der Waals surface area contributed by atoms with Gasteiger partial charge in [-0.2, -0.15) is 0 Å². The van der Waals surface area contributed by atoms with Crippen LogP contribution in [0.5, 0.6) is 0 Å². The Bertz CT molecular complexity index is 333. The fourth-order valence-corrected chi connectivity index (χ4v) is 2.76. The molecule has 2 saturated heterocycles. The standard InChI is InChI=1S/C11H18F2N2O2/c1-10(2,9(16)17)6-15-4-3-7-8(15)11(12,13)5-14-7/h7-8,14H,3-6H2,1-2H3,(H,16,17). The Morgan fingerprint density at radius 1 is 1.59 bits per heavy atom. The van der Waals surface area contributed by atoms with Gasteiger partial charge in [0.05, 0.1) is 18.0 Å². The molecule has 2 heterocycles. The smallest absolute Gasteiger partial charge is 0.310 e. The number of carboxylic acids is 1. The fraction of sp³-hybridized carbons (Fsp3) is 0.909. The van der Waals surface area contributed by atoms with Crippen molar-refractivity contribution >= 4 is 5.97 Å². The van der Waals surface area contributed by atoms with Crippen LogP contribution in [0.3, 0.4) is 0 Å². The van der Waals surface area contributed by atoms with Gasteiger partial charge in [0.15, 0.2) is 0 Å². The molecule has 2 aliphatic heterocycles. The van der Waals surface area contributed by atoms with E-state index in [2.05, 4.69) is 5.32 Å². The summed E-state index contributed by atoms with van der Waals surface area (Å²) in [5.74, 6) is -3.70. The predicted octanol–water partition coefficient (Wildman–Crippen LogP) is 0.779. The maximum Gasteiger partial charge on any atom is 0.310 e. The van der Waals surface area contributed by atoms with Gasteiger partial charge in [0.2, 0.25) is 0 Å². The molecule has 6 heteroatoms. The lowest BCUT2D eigenvalue weighted by molar-refractivity contribution is -0.149. The molecule has 2 rings (SSSR count). The first kappa shape index (κ1) is 12.7. The first-order chi connectivity index (χ1) is 7.74. The average Bonchev–Trinajstić information content (AvgIpc) is 2.69. The largest absolute Gasteiger partial charge is 0.481 e. The Hall–Kier alpha value is -0.750. The second kappa shape index (κ2) is 3.88. The van der Waals surface area contributed by atoms with Crippen molar-refractivity contribution in [2.75, 3.05) is 19.6 Å². The van der Waals surface area contributed by atoms with Crippen LogP contribution in [0.1, 0.15) is 20.3 Å². The van der Waals surface area contributed by atoms with Crippen molar-refractivity contribution in [3.8, 4) is 0 Å². The number of likely N-dealkylation sites (tertiary alicyclic amines) is 1. The predicted molar refractivity (Wildman–Crippen MR) is 58.1 cm³/mol. The summed E-state index contributed by atoms with van der Waals surface area (Å²) in [5, 5.41) is 11.9. The van der Waals surface area contributed by atoms with Crippen LogP contribution < -0.4 is 5.32 Å². The van der Waals surface area contributed by atoms with Crippen molar-refractivity contribution in [2.45, 2.75) is 38.3 Å². The zero-order valence-electron chi connectivity index (χ0n) is 10.0. The Labute approximate surface area is 99.0 Å². The molecule has 17 heavy (non-hydrogen) atoms. The van der Waals surface area contributed by atoms with Gasteiger partial charge in [0.25, 0.3) is 5.92 Å². The minimum atomic E-state index is -2.75. The molecule has 0 aromatic carbocycles. The van der Waals surface area contributed by atoms with E-state index in [1.807, 2.05) is 0 Å². The highest BCUT2D eigenvalue weighted by atomic mass is 19.3. The number of hydrogen-bond donors (Lipinski definition) is 2. The number of carboxylic acid groups (broad SMARTS) is 1. The van der Waals surface area contributed by atoms with Crippen LogP contribution in [0.2, 0.25) is 0 Å². The van der Waals surface area contributed by atoms with Gasteiger partial charge in [-0.05, 0) is 20.3 Å². The van der Waals surface area contributed by atoms with Crippen molar-refractivity contribution in [3.63, 3.8) is 0 Å². The van der Waals surface area contributed by atoms with Gasteiger partial charge < -0.3 is 10.4 Å². The number of rotatable bonds is 3. The van der Waals surface area contributed by atoms with Crippen molar-refractivity contribution in [1.82, 2.24) is 10.2 Å². The van der Waals surface area contributed by atoms with Crippen LogP contribution in [0, 0.1) is 5.41 Å². The van der Waals surface area contributed by atoms with Crippen molar-refractivity contribution in [3.05, 3.63) is 0 Å². The Balaban J connectivity index is 2.10. The molecule has 0 aliphatic carbocycles. The number of hydrogen-bond acceptors (Lipinski definition) is 3. The van der Waals surface area contributed by atoms with Crippen molar-refractivity contribution < 1.29 is 18.7 Å². The van der Waals surface area contributed by atoms with Gasteiger partial charge in [-0.15, -0.1) is 0 Å². The molecule has 2 atom stereocenters. The number of nitrogens with one attached hydrogen (secondary N) is 1. The summed E-state index contributed by atoms with van der Waals surface area (Å²) in [5.41, 5.74) is -0.993. The maximum absolute atomic E-state index is 13.7. The zero-order chi connectivity index (χ0) is 12.8. The summed E-state index contributed by atoms with van der Waals surface area (Å²) in [4.78, 5) is 12.7. The first-order valence-electron chi connectivity index (χ1n) is 5.83. The number of alkyl halides is 2. The summed E-state index contributed by atoms with van der Waals surface area (Å²) in [6.07, 6.45) is 0.663. The third-order valence-electron chi connectivity index (χ3n) is 3.71. The number of halogens is 2. The zero-order valence-corrected chi connectivity index (χ0v) is 10.0. The molecular formula is C11H18F2N2O2. The molecule has 0 spiro atoms. The third kappa shape index (κ3) is 2.15. The molecule has 0 saturated carbocycles. The van der Waals surface area contributed by atoms with E-state index in [0.717, 1.165) is 0 Å². The molecule has 2 unspecified atom stereocenters. The molecule has 4 nitrogen and oxygen atoms in total. The lowest BCUT2D eigenvalue weighted by Gasteiger charge is -2.32. The van der Waals surface area contributed by atoms with E-state index in [-0.39, 0.29) is 19.1 Å². The molecule has 0 amide bonds. The average molecular weight is 248 g/mol. The molecule has 0 aromatic rings. The van der Waals surface area contributed by atoms with Crippen LogP contribution in [-0.2, 0) is 4.79 Å². The third-order valence-corrected chi connectivity index (χ3v) is 3.71. The lowest BCUT2D eigenvalue weighted by atomic mass is 9.92. The molecule has 2 fully saturated rings. The van der Waals surface area contributed by atoms with Gasteiger partial charge >= 0.3 is 5.97 Å². The highest BCUT2D eigenvalue weighted by Gasteiger charge is 2.56. The van der Waals surface area contributed by atoms with E-state index >= 15 is 0 Å². The van der Waals surface area contributed by atoms with Gasteiger partial charge in [-0.1, -0.05) is 0 Å². The summed E-state index contributed by atoms with van der Waals surface area (Å²) >= 11 is 0. The second-order valence-electron chi connectivity index (χ2n) is 5.64. The Kier molecular flexibility index (Phi) is 2.90. The molecule has 0 aromatic heterocycles. The summed E-state index contributed by atoms with van der Waals surface area (Å²) in [6.45, 7) is 3.55. The van der Waals surface area contributed by atoms with Gasteiger partial charge in [-0.25, -0.2) is 8.78 Å².